The lowest BCUT2D eigenvalue weighted by atomic mass is 10.1. The van der Waals surface area contributed by atoms with Crippen molar-refractivity contribution < 1.29 is 17.9 Å². The molecule has 2 rings (SSSR count). The van der Waals surface area contributed by atoms with Crippen LogP contribution in [-0.2, 0) is 16.4 Å². The van der Waals surface area contributed by atoms with Gasteiger partial charge in [0.05, 0.1) is 19.9 Å². The molecule has 2 aromatic rings. The maximum Gasteiger partial charge on any atom is 0.265 e. The number of nitrogens with one attached hydrogen (secondary N) is 1. The Morgan fingerprint density at radius 3 is 2.52 bits per heavy atom. The fourth-order valence-corrected chi connectivity index (χ4v) is 4.00. The van der Waals surface area contributed by atoms with Crippen molar-refractivity contribution in [3.8, 4) is 16.9 Å². The summed E-state index contributed by atoms with van der Waals surface area (Å²) in [7, 11) is -1.000. The molecule has 0 saturated heterocycles. The zero-order valence-electron chi connectivity index (χ0n) is 14.1. The van der Waals surface area contributed by atoms with Gasteiger partial charge >= 0.3 is 0 Å². The summed E-state index contributed by atoms with van der Waals surface area (Å²) in [5, 5.41) is 10.8. The molecule has 0 unspecified atom stereocenters. The largest absolute Gasteiger partial charge is 0.497 e. The van der Waals surface area contributed by atoms with Gasteiger partial charge in [0.2, 0.25) is 0 Å². The van der Waals surface area contributed by atoms with Crippen molar-refractivity contribution in [3.63, 3.8) is 0 Å². The third kappa shape index (κ3) is 4.38. The number of benzene rings is 2. The van der Waals surface area contributed by atoms with Crippen molar-refractivity contribution in [2.45, 2.75) is 23.1 Å². The van der Waals surface area contributed by atoms with Gasteiger partial charge in [0.1, 0.15) is 21.8 Å². The Hall–Kier alpha value is -2.37. The molecule has 0 aliphatic rings. The summed E-state index contributed by atoms with van der Waals surface area (Å²) in [4.78, 5) is 0.758. The number of rotatable bonds is 7. The van der Waals surface area contributed by atoms with E-state index in [-0.39, 0.29) is 10.6 Å². The average molecular weight is 378 g/mol. The first kappa shape index (κ1) is 19.0. The minimum atomic E-state index is -3.87. The fraction of sp³-hybridized carbons (Fsp3) is 0.235. The molecule has 8 heteroatoms. The van der Waals surface area contributed by atoms with Gasteiger partial charge in [-0.25, -0.2) is 8.42 Å². The quantitative estimate of drug-likeness (QED) is 0.584. The van der Waals surface area contributed by atoms with Gasteiger partial charge in [0.25, 0.3) is 10.0 Å². The molecule has 0 atom stereocenters. The van der Waals surface area contributed by atoms with Crippen molar-refractivity contribution in [1.82, 2.24) is 0 Å². The Morgan fingerprint density at radius 1 is 1.16 bits per heavy atom. The van der Waals surface area contributed by atoms with E-state index in [1.807, 2.05) is 12.3 Å². The van der Waals surface area contributed by atoms with E-state index in [1.54, 1.807) is 30.3 Å². The molecule has 25 heavy (non-hydrogen) atoms. The third-order valence-corrected chi connectivity index (χ3v) is 5.49. The summed E-state index contributed by atoms with van der Waals surface area (Å²) in [6, 6.07) is 9.74. The highest BCUT2D eigenvalue weighted by atomic mass is 32.2. The van der Waals surface area contributed by atoms with Crippen molar-refractivity contribution in [1.29, 1.82) is 5.26 Å². The second-order valence-electron chi connectivity index (χ2n) is 4.99. The number of methoxy groups -OCH3 is 2. The van der Waals surface area contributed by atoms with Crippen molar-refractivity contribution >= 4 is 27.5 Å². The molecule has 6 nitrogen and oxygen atoms in total. The van der Waals surface area contributed by atoms with Crippen molar-refractivity contribution in [2.24, 2.45) is 0 Å². The molecule has 132 valence electrons. The molecule has 1 N–H and O–H groups in total. The summed E-state index contributed by atoms with van der Waals surface area (Å²) in [6.45, 7) is 1.92. The average Bonchev–Trinajstić information content (AvgIpc) is 2.62. The molecule has 0 aromatic heterocycles. The molecule has 0 fully saturated rings. The van der Waals surface area contributed by atoms with Gasteiger partial charge in [-0.1, -0.05) is 6.92 Å². The van der Waals surface area contributed by atoms with E-state index in [0.29, 0.717) is 17.9 Å². The summed E-state index contributed by atoms with van der Waals surface area (Å²) in [5.74, 6) is 0.640. The fourth-order valence-electron chi connectivity index (χ4n) is 2.27. The molecule has 0 heterocycles. The SMILES string of the molecule is CCc1cc(SC#N)ccc1NS(=O)(=O)c1cc(OC)ccc1OC. The van der Waals surface area contributed by atoms with E-state index in [9.17, 15) is 8.42 Å². The van der Waals surface area contributed by atoms with Crippen LogP contribution in [0.2, 0.25) is 0 Å². The Balaban J connectivity index is 2.44. The smallest absolute Gasteiger partial charge is 0.265 e. The topological polar surface area (TPSA) is 88.4 Å². The minimum absolute atomic E-state index is 0.00752. The van der Waals surface area contributed by atoms with Gasteiger partial charge in [0, 0.05) is 11.0 Å². The van der Waals surface area contributed by atoms with Crippen LogP contribution in [0.4, 0.5) is 5.69 Å². The molecule has 0 spiro atoms. The number of hydrogen-bond donors (Lipinski definition) is 1. The van der Waals surface area contributed by atoms with Gasteiger partial charge in [0.15, 0.2) is 0 Å². The third-order valence-electron chi connectivity index (χ3n) is 3.53. The summed E-state index contributed by atoms with van der Waals surface area (Å²) < 4.78 is 38.5. The molecule has 0 amide bonds. The van der Waals surface area contributed by atoms with Crippen LogP contribution in [0.5, 0.6) is 11.5 Å². The normalized spacial score (nSPS) is 10.8. The highest BCUT2D eigenvalue weighted by Gasteiger charge is 2.21. The Morgan fingerprint density at radius 2 is 1.92 bits per heavy atom. The van der Waals surface area contributed by atoms with Gasteiger partial charge in [-0.05, 0) is 54.1 Å². The number of hydrogen-bond acceptors (Lipinski definition) is 6. The van der Waals surface area contributed by atoms with Crippen LogP contribution in [0.15, 0.2) is 46.2 Å². The minimum Gasteiger partial charge on any atom is -0.497 e. The standard InChI is InChI=1S/C17H18N2O4S2/c1-4-12-9-14(24-11-18)6-7-15(12)19-25(20,21)17-10-13(22-2)5-8-16(17)23-3/h5-10,19H,4H2,1-3H3. The molecule has 0 bridgehead atoms. The van der Waals surface area contributed by atoms with Gasteiger partial charge in [-0.2, -0.15) is 5.26 Å². The first-order chi connectivity index (χ1) is 11.9. The molecular weight excluding hydrogens is 360 g/mol. The highest BCUT2D eigenvalue weighted by molar-refractivity contribution is 8.03. The predicted octanol–water partition coefficient (Wildman–Crippen LogP) is 3.64. The molecule has 0 aliphatic heterocycles. The predicted molar refractivity (Wildman–Crippen MR) is 97.6 cm³/mol. The molecule has 0 saturated carbocycles. The van der Waals surface area contributed by atoms with E-state index >= 15 is 0 Å². The van der Waals surface area contributed by atoms with Crippen LogP contribution < -0.4 is 14.2 Å². The van der Waals surface area contributed by atoms with Crippen molar-refractivity contribution in [3.05, 3.63) is 42.0 Å². The van der Waals surface area contributed by atoms with Crippen LogP contribution in [0.25, 0.3) is 0 Å². The van der Waals surface area contributed by atoms with E-state index in [0.717, 1.165) is 22.2 Å². The van der Waals surface area contributed by atoms with Crippen LogP contribution >= 0.6 is 11.8 Å². The monoisotopic (exact) mass is 378 g/mol. The van der Waals surface area contributed by atoms with E-state index in [1.165, 1.54) is 20.3 Å². The van der Waals surface area contributed by atoms with Crippen LogP contribution in [-0.4, -0.2) is 22.6 Å². The Labute approximate surface area is 151 Å². The van der Waals surface area contributed by atoms with E-state index in [2.05, 4.69) is 4.72 Å². The summed E-state index contributed by atoms with van der Waals surface area (Å²) in [6.07, 6.45) is 0.618. The zero-order chi connectivity index (χ0) is 18.4. The maximum atomic E-state index is 12.8. The lowest BCUT2D eigenvalue weighted by Gasteiger charge is -2.15. The first-order valence-corrected chi connectivity index (χ1v) is 9.68. The number of thiocyanates is 1. The molecule has 0 aliphatic carbocycles. The number of sulfonamides is 1. The van der Waals surface area contributed by atoms with E-state index in [4.69, 9.17) is 14.7 Å². The second kappa shape index (κ2) is 8.14. The molecule has 2 aromatic carbocycles. The van der Waals surface area contributed by atoms with E-state index < -0.39 is 10.0 Å². The first-order valence-electron chi connectivity index (χ1n) is 7.38. The van der Waals surface area contributed by atoms with Crippen molar-refractivity contribution in [2.75, 3.05) is 18.9 Å². The number of nitrogens with zero attached hydrogens (tertiary/aromatic N) is 1. The van der Waals surface area contributed by atoms with Gasteiger partial charge < -0.3 is 9.47 Å². The zero-order valence-corrected chi connectivity index (χ0v) is 15.7. The number of anilines is 1. The van der Waals surface area contributed by atoms with Crippen LogP contribution in [0, 0.1) is 10.7 Å². The second-order valence-corrected chi connectivity index (χ2v) is 7.50. The van der Waals surface area contributed by atoms with Crippen LogP contribution in [0.3, 0.4) is 0 Å². The number of ether oxygens (including phenoxy) is 2. The lowest BCUT2D eigenvalue weighted by molar-refractivity contribution is 0.392. The Bertz CT molecular complexity index is 905. The van der Waals surface area contributed by atoms with Gasteiger partial charge in [-0.15, -0.1) is 0 Å². The maximum absolute atomic E-state index is 12.8. The molecular formula is C17H18N2O4S2. The number of aryl methyl sites for hydroxylation is 1. The summed E-state index contributed by atoms with van der Waals surface area (Å²) in [5.41, 5.74) is 1.26. The van der Waals surface area contributed by atoms with Gasteiger partial charge in [-0.3, -0.25) is 4.72 Å². The Kier molecular flexibility index (Phi) is 6.17. The number of thioether (sulfide) groups is 1. The highest BCUT2D eigenvalue weighted by Crippen LogP contribution is 2.31. The summed E-state index contributed by atoms with van der Waals surface area (Å²) >= 11 is 1.03. The van der Waals surface area contributed by atoms with Crippen LogP contribution in [0.1, 0.15) is 12.5 Å². The lowest BCUT2D eigenvalue weighted by Crippen LogP contribution is -2.15. The molecule has 0 radical (unpaired) electrons. The number of nitriles is 1.